The monoisotopic (exact) mass is 483 g/mol. The molecule has 4 rings (SSSR count). The summed E-state index contributed by atoms with van der Waals surface area (Å²) in [7, 11) is 0. The summed E-state index contributed by atoms with van der Waals surface area (Å²) in [4.78, 5) is 16.7. The van der Waals surface area contributed by atoms with Crippen molar-refractivity contribution in [3.63, 3.8) is 0 Å². The normalized spacial score (nSPS) is 18.0. The Morgan fingerprint density at radius 2 is 2.00 bits per heavy atom. The van der Waals surface area contributed by atoms with Crippen molar-refractivity contribution in [1.82, 2.24) is 15.5 Å². The highest BCUT2D eigenvalue weighted by molar-refractivity contribution is 6.32. The summed E-state index contributed by atoms with van der Waals surface area (Å²) in [6.45, 7) is 12.1. The Balaban J connectivity index is 1.75. The van der Waals surface area contributed by atoms with Crippen molar-refractivity contribution in [3.05, 3.63) is 52.5 Å². The van der Waals surface area contributed by atoms with E-state index in [9.17, 15) is 4.79 Å². The molecule has 0 bridgehead atoms. The SMILES string of the molecule is CC(=O)OC1(C(C)(C)C)NCCc2c(-c3noc(-c4ccc(OC(C)C)c(Cl)c4)n3)cccc21. The number of carbonyl (C=O) groups is 1. The molecule has 1 aliphatic rings. The first-order valence-corrected chi connectivity index (χ1v) is 11.8. The first-order chi connectivity index (χ1) is 16.0. The second kappa shape index (κ2) is 9.04. The van der Waals surface area contributed by atoms with Gasteiger partial charge in [-0.15, -0.1) is 0 Å². The fourth-order valence-electron chi connectivity index (χ4n) is 4.42. The molecule has 1 atom stereocenters. The summed E-state index contributed by atoms with van der Waals surface area (Å²) < 4.78 is 17.2. The molecule has 0 fully saturated rings. The largest absolute Gasteiger partial charge is 0.489 e. The molecular formula is C26H30ClN3O4. The molecule has 0 saturated carbocycles. The molecule has 8 heteroatoms. The van der Waals surface area contributed by atoms with Gasteiger partial charge in [-0.2, -0.15) is 4.98 Å². The van der Waals surface area contributed by atoms with Gasteiger partial charge in [0.25, 0.3) is 5.89 Å². The van der Waals surface area contributed by atoms with Gasteiger partial charge in [-0.25, -0.2) is 0 Å². The number of halogens is 1. The Morgan fingerprint density at radius 3 is 2.65 bits per heavy atom. The van der Waals surface area contributed by atoms with Crippen molar-refractivity contribution in [2.24, 2.45) is 5.41 Å². The van der Waals surface area contributed by atoms with E-state index in [-0.39, 0.29) is 12.1 Å². The van der Waals surface area contributed by atoms with Crippen LogP contribution in [0.25, 0.3) is 22.8 Å². The molecule has 1 N–H and O–H groups in total. The number of fused-ring (bicyclic) bond motifs is 1. The van der Waals surface area contributed by atoms with Crippen molar-refractivity contribution in [3.8, 4) is 28.6 Å². The number of benzene rings is 2. The molecule has 1 unspecified atom stereocenters. The number of esters is 1. The number of nitrogens with zero attached hydrogens (tertiary/aromatic N) is 2. The molecule has 0 spiro atoms. The lowest BCUT2D eigenvalue weighted by Gasteiger charge is -2.48. The Labute approximate surface area is 204 Å². The van der Waals surface area contributed by atoms with E-state index in [0.29, 0.717) is 34.6 Å². The fraction of sp³-hybridized carbons (Fsp3) is 0.423. The zero-order chi connectivity index (χ0) is 24.7. The number of hydrogen-bond donors (Lipinski definition) is 1. The van der Waals surface area contributed by atoms with Crippen LogP contribution < -0.4 is 10.1 Å². The van der Waals surface area contributed by atoms with Crippen LogP contribution in [0.1, 0.15) is 52.7 Å². The molecule has 0 aliphatic carbocycles. The van der Waals surface area contributed by atoms with Gasteiger partial charge in [-0.1, -0.05) is 55.7 Å². The molecule has 0 saturated heterocycles. The van der Waals surface area contributed by atoms with Crippen LogP contribution >= 0.6 is 11.6 Å². The molecule has 34 heavy (non-hydrogen) atoms. The second-order valence-electron chi connectivity index (χ2n) is 9.77. The van der Waals surface area contributed by atoms with Gasteiger partial charge < -0.3 is 14.0 Å². The molecule has 2 heterocycles. The van der Waals surface area contributed by atoms with Gasteiger partial charge in [-0.3, -0.25) is 10.1 Å². The number of ether oxygens (including phenoxy) is 2. The number of hydrogen-bond acceptors (Lipinski definition) is 7. The van der Waals surface area contributed by atoms with Gasteiger partial charge >= 0.3 is 5.97 Å². The number of carbonyl (C=O) groups excluding carboxylic acids is 1. The van der Waals surface area contributed by atoms with E-state index in [1.165, 1.54) is 6.92 Å². The lowest BCUT2D eigenvalue weighted by molar-refractivity contribution is -0.183. The van der Waals surface area contributed by atoms with Gasteiger partial charge in [-0.05, 0) is 44.0 Å². The van der Waals surface area contributed by atoms with E-state index in [4.69, 9.17) is 25.6 Å². The van der Waals surface area contributed by atoms with Crippen LogP contribution in [0, 0.1) is 5.41 Å². The minimum Gasteiger partial charge on any atom is -0.489 e. The topological polar surface area (TPSA) is 86.5 Å². The van der Waals surface area contributed by atoms with Gasteiger partial charge in [0.15, 0.2) is 5.72 Å². The third-order valence-electron chi connectivity index (χ3n) is 5.87. The lowest BCUT2D eigenvalue weighted by atomic mass is 9.73. The molecule has 0 radical (unpaired) electrons. The van der Waals surface area contributed by atoms with E-state index in [1.54, 1.807) is 12.1 Å². The summed E-state index contributed by atoms with van der Waals surface area (Å²) in [5, 5.41) is 8.19. The summed E-state index contributed by atoms with van der Waals surface area (Å²) in [6.07, 6.45) is 0.756. The first-order valence-electron chi connectivity index (χ1n) is 11.4. The highest BCUT2D eigenvalue weighted by Gasteiger charge is 2.49. The van der Waals surface area contributed by atoms with E-state index >= 15 is 0 Å². The molecule has 1 aliphatic heterocycles. The van der Waals surface area contributed by atoms with Gasteiger partial charge in [0, 0.05) is 35.6 Å². The van der Waals surface area contributed by atoms with E-state index in [0.717, 1.165) is 23.1 Å². The Kier molecular flexibility index (Phi) is 6.44. The standard InChI is InChI=1S/C26H30ClN3O4/c1-15(2)32-22-11-10-17(14-21(22)27)24-29-23(30-34-24)19-8-7-9-20-18(19)12-13-28-26(20,25(4,5)6)33-16(3)31/h7-11,14-15,28H,12-13H2,1-6H3. The van der Waals surface area contributed by atoms with Crippen molar-refractivity contribution < 1.29 is 18.8 Å². The van der Waals surface area contributed by atoms with Crippen molar-refractivity contribution in [2.75, 3.05) is 6.54 Å². The lowest BCUT2D eigenvalue weighted by Crippen LogP contribution is -2.58. The van der Waals surface area contributed by atoms with E-state index in [2.05, 4.69) is 15.5 Å². The maximum Gasteiger partial charge on any atom is 0.304 e. The minimum absolute atomic E-state index is 0.0179. The van der Waals surface area contributed by atoms with Crippen LogP contribution in [0.15, 0.2) is 40.9 Å². The third-order valence-corrected chi connectivity index (χ3v) is 6.16. The average molecular weight is 484 g/mol. The fourth-order valence-corrected chi connectivity index (χ4v) is 4.64. The minimum atomic E-state index is -0.964. The van der Waals surface area contributed by atoms with Crippen LogP contribution in [-0.4, -0.2) is 28.8 Å². The highest BCUT2D eigenvalue weighted by Crippen LogP contribution is 2.46. The van der Waals surface area contributed by atoms with Crippen LogP contribution in [0.3, 0.4) is 0 Å². The number of aromatic nitrogens is 2. The van der Waals surface area contributed by atoms with E-state index < -0.39 is 11.1 Å². The molecule has 2 aromatic carbocycles. The zero-order valence-electron chi connectivity index (χ0n) is 20.4. The summed E-state index contributed by atoms with van der Waals surface area (Å²) in [6, 6.07) is 11.3. The predicted octanol–water partition coefficient (Wildman–Crippen LogP) is 5.75. The maximum atomic E-state index is 12.1. The Bertz CT molecular complexity index is 1210. The van der Waals surface area contributed by atoms with Crippen LogP contribution in [0.2, 0.25) is 5.02 Å². The predicted molar refractivity (Wildman–Crippen MR) is 131 cm³/mol. The maximum absolute atomic E-state index is 12.1. The molecular weight excluding hydrogens is 454 g/mol. The van der Waals surface area contributed by atoms with Gasteiger partial charge in [0.2, 0.25) is 5.82 Å². The third kappa shape index (κ3) is 4.42. The van der Waals surface area contributed by atoms with Crippen LogP contribution in [-0.2, 0) is 21.7 Å². The Morgan fingerprint density at radius 1 is 1.24 bits per heavy atom. The van der Waals surface area contributed by atoms with Crippen molar-refractivity contribution in [2.45, 2.75) is 59.8 Å². The average Bonchev–Trinajstić information content (AvgIpc) is 3.23. The van der Waals surface area contributed by atoms with E-state index in [1.807, 2.05) is 58.9 Å². The van der Waals surface area contributed by atoms with Crippen molar-refractivity contribution in [1.29, 1.82) is 0 Å². The zero-order valence-corrected chi connectivity index (χ0v) is 21.1. The molecule has 7 nitrogen and oxygen atoms in total. The second-order valence-corrected chi connectivity index (χ2v) is 10.2. The highest BCUT2D eigenvalue weighted by atomic mass is 35.5. The number of rotatable bonds is 5. The summed E-state index contributed by atoms with van der Waals surface area (Å²) in [5.41, 5.74) is 2.13. The van der Waals surface area contributed by atoms with Crippen molar-refractivity contribution >= 4 is 17.6 Å². The molecule has 180 valence electrons. The first kappa shape index (κ1) is 24.2. The number of nitrogens with one attached hydrogen (secondary N) is 1. The van der Waals surface area contributed by atoms with Gasteiger partial charge in [0.05, 0.1) is 11.1 Å². The van der Waals surface area contributed by atoms with Gasteiger partial charge in [0.1, 0.15) is 5.75 Å². The quantitative estimate of drug-likeness (QED) is 0.462. The van der Waals surface area contributed by atoms with Crippen LogP contribution in [0.4, 0.5) is 0 Å². The molecule has 0 amide bonds. The van der Waals surface area contributed by atoms with Crippen LogP contribution in [0.5, 0.6) is 5.75 Å². The Hall–Kier alpha value is -2.90. The molecule has 3 aromatic rings. The molecule has 1 aromatic heterocycles. The summed E-state index contributed by atoms with van der Waals surface area (Å²) in [5.74, 6) is 1.10. The summed E-state index contributed by atoms with van der Waals surface area (Å²) >= 11 is 6.39. The smallest absolute Gasteiger partial charge is 0.304 e.